The zero-order valence-electron chi connectivity index (χ0n) is 17.0. The summed E-state index contributed by atoms with van der Waals surface area (Å²) in [7, 11) is 0. The van der Waals surface area contributed by atoms with Gasteiger partial charge in [0.25, 0.3) is 5.79 Å². The van der Waals surface area contributed by atoms with Gasteiger partial charge in [0, 0.05) is 41.2 Å². The number of ether oxygens (including phenoxy) is 2. The minimum absolute atomic E-state index is 0.127. The maximum Gasteiger partial charge on any atom is 0.350 e. The van der Waals surface area contributed by atoms with Crippen LogP contribution in [0.25, 0.3) is 22.2 Å². The number of halogens is 1. The van der Waals surface area contributed by atoms with Gasteiger partial charge in [-0.3, -0.25) is 0 Å². The van der Waals surface area contributed by atoms with Gasteiger partial charge in [-0.15, -0.1) is 0 Å². The Morgan fingerprint density at radius 2 is 1.81 bits per heavy atom. The van der Waals surface area contributed by atoms with Crippen LogP contribution in [0.1, 0.15) is 24.2 Å². The Morgan fingerprint density at radius 1 is 1.09 bits per heavy atom. The number of pyridine rings is 1. The molecule has 1 fully saturated rings. The summed E-state index contributed by atoms with van der Waals surface area (Å²) in [5.74, 6) is -3.95. The van der Waals surface area contributed by atoms with Gasteiger partial charge in [-0.2, -0.15) is 0 Å². The van der Waals surface area contributed by atoms with Crippen LogP contribution in [0.2, 0.25) is 0 Å². The molecule has 0 atom stereocenters. The fourth-order valence-electron chi connectivity index (χ4n) is 3.23. The van der Waals surface area contributed by atoms with Gasteiger partial charge >= 0.3 is 17.9 Å². The molecular weight excluding hydrogens is 480 g/mol. The normalized spacial score (nSPS) is 15.2. The number of aromatic nitrogens is 1. The van der Waals surface area contributed by atoms with Crippen molar-refractivity contribution in [3.8, 4) is 11.3 Å². The molecule has 1 aliphatic heterocycles. The van der Waals surface area contributed by atoms with E-state index >= 15 is 0 Å². The van der Waals surface area contributed by atoms with Gasteiger partial charge in [0.1, 0.15) is 0 Å². The first-order chi connectivity index (χ1) is 15.1. The lowest BCUT2D eigenvalue weighted by Gasteiger charge is -2.29. The number of nitrogens with zero attached hydrogens (tertiary/aromatic N) is 1. The quantitative estimate of drug-likeness (QED) is 0.308. The van der Waals surface area contributed by atoms with Crippen molar-refractivity contribution in [3.63, 3.8) is 0 Å². The molecule has 9 heteroatoms. The van der Waals surface area contributed by atoms with Crippen molar-refractivity contribution in [1.82, 2.24) is 4.98 Å². The molecule has 162 valence electrons. The minimum Gasteiger partial charge on any atom is -0.478 e. The molecule has 0 bridgehead atoms. The fraction of sp³-hybridized carbons (Fsp3) is 0.130. The van der Waals surface area contributed by atoms with E-state index in [1.165, 1.54) is 26.1 Å². The second-order valence-electron chi connectivity index (χ2n) is 7.48. The number of hydrogen-bond acceptors (Lipinski definition) is 7. The van der Waals surface area contributed by atoms with Gasteiger partial charge in [-0.1, -0.05) is 28.1 Å². The summed E-state index contributed by atoms with van der Waals surface area (Å²) in [6.45, 7) is 2.94. The summed E-state index contributed by atoms with van der Waals surface area (Å²) in [5.41, 5.74) is 2.07. The highest BCUT2D eigenvalue weighted by Gasteiger charge is 2.38. The monoisotopic (exact) mass is 496 g/mol. The van der Waals surface area contributed by atoms with E-state index in [-0.39, 0.29) is 11.1 Å². The van der Waals surface area contributed by atoms with Gasteiger partial charge in [0.15, 0.2) is 5.57 Å². The van der Waals surface area contributed by atoms with E-state index in [2.05, 4.69) is 26.2 Å². The van der Waals surface area contributed by atoms with Crippen molar-refractivity contribution in [2.24, 2.45) is 0 Å². The smallest absolute Gasteiger partial charge is 0.350 e. The van der Waals surface area contributed by atoms with Crippen molar-refractivity contribution in [3.05, 3.63) is 70.3 Å². The third-order valence-electron chi connectivity index (χ3n) is 4.66. The molecule has 1 aliphatic rings. The van der Waals surface area contributed by atoms with Crippen LogP contribution >= 0.6 is 15.9 Å². The Kier molecular flexibility index (Phi) is 5.43. The number of carbonyl (C=O) groups is 3. The molecule has 1 aromatic heterocycles. The van der Waals surface area contributed by atoms with Crippen LogP contribution in [0.15, 0.2) is 64.8 Å². The molecule has 0 spiro atoms. The number of carboxylic acids is 1. The number of aromatic carboxylic acids is 1. The molecule has 4 rings (SSSR count). The standard InChI is InChI=1S/C23H17BrN2O6/c1-23(2)31-21(29)17(22(30)32-23)11-25-14-5-3-4-12(8-14)19-10-16(20(27)28)15-9-13(24)6-7-18(15)26-19/h3-11,25H,1-2H3,(H,27,28). The number of fused-ring (bicyclic) bond motifs is 1. The van der Waals surface area contributed by atoms with E-state index in [1.807, 2.05) is 0 Å². The molecule has 2 aromatic carbocycles. The molecule has 8 nitrogen and oxygen atoms in total. The second-order valence-corrected chi connectivity index (χ2v) is 8.40. The molecule has 2 heterocycles. The highest BCUT2D eigenvalue weighted by Crippen LogP contribution is 2.29. The van der Waals surface area contributed by atoms with E-state index < -0.39 is 23.7 Å². The molecule has 2 N–H and O–H groups in total. The summed E-state index contributed by atoms with van der Waals surface area (Å²) in [6, 6.07) is 13.7. The van der Waals surface area contributed by atoms with Gasteiger partial charge in [-0.05, 0) is 36.4 Å². The number of benzene rings is 2. The zero-order chi connectivity index (χ0) is 23.0. The molecule has 0 aliphatic carbocycles. The Morgan fingerprint density at radius 3 is 2.50 bits per heavy atom. The lowest BCUT2D eigenvalue weighted by Crippen LogP contribution is -2.42. The number of cyclic esters (lactones) is 2. The molecule has 0 saturated carbocycles. The lowest BCUT2D eigenvalue weighted by atomic mass is 10.0. The molecule has 1 saturated heterocycles. The van der Waals surface area contributed by atoms with Crippen LogP contribution in [0.4, 0.5) is 5.69 Å². The number of nitrogens with one attached hydrogen (secondary N) is 1. The molecule has 0 amide bonds. The van der Waals surface area contributed by atoms with E-state index in [0.717, 1.165) is 4.47 Å². The van der Waals surface area contributed by atoms with Crippen LogP contribution in [-0.2, 0) is 19.1 Å². The Balaban J connectivity index is 1.67. The third kappa shape index (κ3) is 4.33. The predicted octanol–water partition coefficient (Wildman–Crippen LogP) is 4.49. The van der Waals surface area contributed by atoms with Crippen molar-refractivity contribution < 1.29 is 29.0 Å². The average Bonchev–Trinajstić information content (AvgIpc) is 2.71. The third-order valence-corrected chi connectivity index (χ3v) is 5.15. The summed E-state index contributed by atoms with van der Waals surface area (Å²) >= 11 is 3.35. The van der Waals surface area contributed by atoms with Crippen LogP contribution in [-0.4, -0.2) is 33.8 Å². The number of carboxylic acid groups (broad SMARTS) is 1. The zero-order valence-corrected chi connectivity index (χ0v) is 18.6. The molecule has 3 aromatic rings. The van der Waals surface area contributed by atoms with Gasteiger partial charge < -0.3 is 19.9 Å². The summed E-state index contributed by atoms with van der Waals surface area (Å²) in [6.07, 6.45) is 1.22. The van der Waals surface area contributed by atoms with Gasteiger partial charge in [0.2, 0.25) is 0 Å². The van der Waals surface area contributed by atoms with E-state index in [0.29, 0.717) is 27.8 Å². The van der Waals surface area contributed by atoms with Crippen molar-refractivity contribution in [2.45, 2.75) is 19.6 Å². The van der Waals surface area contributed by atoms with Crippen molar-refractivity contribution in [2.75, 3.05) is 5.32 Å². The van der Waals surface area contributed by atoms with E-state index in [1.54, 1.807) is 42.5 Å². The van der Waals surface area contributed by atoms with Crippen LogP contribution in [0.5, 0.6) is 0 Å². The summed E-state index contributed by atoms with van der Waals surface area (Å²) in [5, 5.41) is 13.1. The van der Waals surface area contributed by atoms with E-state index in [4.69, 9.17) is 9.47 Å². The summed E-state index contributed by atoms with van der Waals surface area (Å²) in [4.78, 5) is 40.6. The number of hydrogen-bond donors (Lipinski definition) is 2. The SMILES string of the molecule is CC1(C)OC(=O)C(=CNc2cccc(-c3cc(C(=O)O)c4cc(Br)ccc4n3)c2)C(=O)O1. The number of rotatable bonds is 4. The van der Waals surface area contributed by atoms with Crippen LogP contribution in [0, 0.1) is 0 Å². The Hall–Kier alpha value is -3.72. The molecule has 0 radical (unpaired) electrons. The van der Waals surface area contributed by atoms with Crippen LogP contribution < -0.4 is 5.32 Å². The number of carbonyl (C=O) groups excluding carboxylic acids is 2. The Bertz CT molecular complexity index is 1290. The van der Waals surface area contributed by atoms with Gasteiger partial charge in [-0.25, -0.2) is 19.4 Å². The predicted molar refractivity (Wildman–Crippen MR) is 120 cm³/mol. The molecule has 32 heavy (non-hydrogen) atoms. The van der Waals surface area contributed by atoms with Gasteiger partial charge in [0.05, 0.1) is 16.8 Å². The summed E-state index contributed by atoms with van der Waals surface area (Å²) < 4.78 is 10.9. The molecule has 0 unspecified atom stereocenters. The second kappa shape index (κ2) is 8.08. The fourth-order valence-corrected chi connectivity index (χ4v) is 3.59. The number of anilines is 1. The largest absolute Gasteiger partial charge is 0.478 e. The topological polar surface area (TPSA) is 115 Å². The average molecular weight is 497 g/mol. The first-order valence-corrected chi connectivity index (χ1v) is 10.3. The lowest BCUT2D eigenvalue weighted by molar-refractivity contribution is -0.222. The molecular formula is C23H17BrN2O6. The van der Waals surface area contributed by atoms with Crippen molar-refractivity contribution in [1.29, 1.82) is 0 Å². The maximum absolute atomic E-state index is 12.1. The van der Waals surface area contributed by atoms with Crippen LogP contribution in [0.3, 0.4) is 0 Å². The first kappa shape index (κ1) is 21.5. The number of esters is 2. The highest BCUT2D eigenvalue weighted by molar-refractivity contribution is 9.10. The highest BCUT2D eigenvalue weighted by atomic mass is 79.9. The first-order valence-electron chi connectivity index (χ1n) is 9.50. The maximum atomic E-state index is 12.1. The van der Waals surface area contributed by atoms with E-state index in [9.17, 15) is 19.5 Å². The Labute approximate surface area is 191 Å². The van der Waals surface area contributed by atoms with Crippen molar-refractivity contribution >= 4 is 50.4 Å². The minimum atomic E-state index is -1.31.